The number of halogens is 2. The van der Waals surface area contributed by atoms with Gasteiger partial charge in [0.25, 0.3) is 0 Å². The van der Waals surface area contributed by atoms with Crippen molar-refractivity contribution in [3.63, 3.8) is 0 Å². The van der Waals surface area contributed by atoms with Crippen molar-refractivity contribution in [1.82, 2.24) is 9.78 Å². The molecule has 0 fully saturated rings. The van der Waals surface area contributed by atoms with Gasteiger partial charge in [0.1, 0.15) is 0 Å². The Morgan fingerprint density at radius 1 is 1.42 bits per heavy atom. The predicted molar refractivity (Wildman–Crippen MR) is 73.9 cm³/mol. The van der Waals surface area contributed by atoms with Crippen LogP contribution in [-0.2, 0) is 4.74 Å². The van der Waals surface area contributed by atoms with E-state index in [4.69, 9.17) is 11.6 Å². The standard InChI is InChI=1S/C12H8BrClN2O3/c1-19-12(18)11-10(17)4-5-16(15-11)9-6-7(14)2-3-8(9)13/h2-6H,1H3. The number of esters is 1. The van der Waals surface area contributed by atoms with E-state index in [1.54, 1.807) is 18.2 Å². The summed E-state index contributed by atoms with van der Waals surface area (Å²) in [5.41, 5.74) is -0.171. The van der Waals surface area contributed by atoms with Gasteiger partial charge in [-0.1, -0.05) is 11.6 Å². The zero-order valence-corrected chi connectivity index (χ0v) is 12.1. The molecule has 1 aromatic carbocycles. The van der Waals surface area contributed by atoms with Crippen LogP contribution in [0.15, 0.2) is 39.7 Å². The van der Waals surface area contributed by atoms with Crippen molar-refractivity contribution in [3.05, 3.63) is 55.9 Å². The van der Waals surface area contributed by atoms with E-state index in [2.05, 4.69) is 25.8 Å². The van der Waals surface area contributed by atoms with Crippen LogP contribution >= 0.6 is 27.5 Å². The maximum absolute atomic E-state index is 11.5. The third kappa shape index (κ3) is 2.85. The van der Waals surface area contributed by atoms with Gasteiger partial charge in [-0.15, -0.1) is 0 Å². The zero-order chi connectivity index (χ0) is 14.0. The second-order valence-corrected chi connectivity index (χ2v) is 4.85. The highest BCUT2D eigenvalue weighted by atomic mass is 79.9. The van der Waals surface area contributed by atoms with Gasteiger partial charge < -0.3 is 4.74 Å². The minimum atomic E-state index is -0.780. The van der Waals surface area contributed by atoms with E-state index in [1.807, 2.05) is 0 Å². The zero-order valence-electron chi connectivity index (χ0n) is 9.76. The molecule has 0 unspecified atom stereocenters. The first-order valence-electron chi connectivity index (χ1n) is 5.16. The SMILES string of the molecule is COC(=O)c1nn(-c2cc(Cl)ccc2Br)ccc1=O. The molecular weight excluding hydrogens is 336 g/mol. The van der Waals surface area contributed by atoms with Crippen LogP contribution < -0.4 is 5.43 Å². The lowest BCUT2D eigenvalue weighted by Crippen LogP contribution is -2.21. The van der Waals surface area contributed by atoms with Gasteiger partial charge in [-0.05, 0) is 34.1 Å². The summed E-state index contributed by atoms with van der Waals surface area (Å²) in [6, 6.07) is 6.35. The summed E-state index contributed by atoms with van der Waals surface area (Å²) in [6.45, 7) is 0. The van der Waals surface area contributed by atoms with E-state index in [1.165, 1.54) is 24.1 Å². The highest BCUT2D eigenvalue weighted by Crippen LogP contribution is 2.23. The molecule has 0 atom stereocenters. The highest BCUT2D eigenvalue weighted by Gasteiger charge is 2.14. The fraction of sp³-hybridized carbons (Fsp3) is 0.0833. The van der Waals surface area contributed by atoms with Crippen molar-refractivity contribution >= 4 is 33.5 Å². The summed E-state index contributed by atoms with van der Waals surface area (Å²) in [7, 11) is 1.19. The van der Waals surface area contributed by atoms with Gasteiger partial charge >= 0.3 is 5.97 Å². The molecule has 0 saturated heterocycles. The molecule has 0 saturated carbocycles. The molecule has 0 bridgehead atoms. The van der Waals surface area contributed by atoms with Crippen molar-refractivity contribution in [3.8, 4) is 5.69 Å². The van der Waals surface area contributed by atoms with Crippen LogP contribution in [0.25, 0.3) is 5.69 Å². The van der Waals surface area contributed by atoms with E-state index in [0.717, 1.165) is 4.47 Å². The average molecular weight is 344 g/mol. The van der Waals surface area contributed by atoms with Gasteiger partial charge in [0, 0.05) is 21.8 Å². The molecule has 1 aromatic heterocycles. The first-order valence-corrected chi connectivity index (χ1v) is 6.34. The quantitative estimate of drug-likeness (QED) is 0.786. The molecule has 2 aromatic rings. The van der Waals surface area contributed by atoms with Gasteiger partial charge in [0.15, 0.2) is 0 Å². The van der Waals surface area contributed by atoms with Crippen LogP contribution in [-0.4, -0.2) is 22.9 Å². The predicted octanol–water partition coefficient (Wildman–Crippen LogP) is 2.44. The fourth-order valence-corrected chi connectivity index (χ4v) is 2.04. The van der Waals surface area contributed by atoms with E-state index in [0.29, 0.717) is 10.7 Å². The van der Waals surface area contributed by atoms with E-state index < -0.39 is 11.4 Å². The number of nitrogens with zero attached hydrogens (tertiary/aromatic N) is 2. The number of hydrogen-bond donors (Lipinski definition) is 0. The minimum Gasteiger partial charge on any atom is -0.464 e. The minimum absolute atomic E-state index is 0.281. The molecule has 98 valence electrons. The molecule has 19 heavy (non-hydrogen) atoms. The molecule has 0 amide bonds. The lowest BCUT2D eigenvalue weighted by Gasteiger charge is -2.08. The third-order valence-electron chi connectivity index (χ3n) is 2.34. The molecule has 2 rings (SSSR count). The second kappa shape index (κ2) is 5.54. The maximum Gasteiger partial charge on any atom is 0.362 e. The number of rotatable bonds is 2. The molecule has 0 aliphatic rings. The van der Waals surface area contributed by atoms with Crippen molar-refractivity contribution in [2.24, 2.45) is 0 Å². The molecule has 0 aliphatic carbocycles. The Hall–Kier alpha value is -1.66. The number of carbonyl (C=O) groups excluding carboxylic acids is 1. The van der Waals surface area contributed by atoms with Crippen LogP contribution in [0.3, 0.4) is 0 Å². The molecule has 5 nitrogen and oxygen atoms in total. The van der Waals surface area contributed by atoms with Crippen molar-refractivity contribution in [2.75, 3.05) is 7.11 Å². The van der Waals surface area contributed by atoms with E-state index in [9.17, 15) is 9.59 Å². The van der Waals surface area contributed by atoms with Gasteiger partial charge in [0.05, 0.1) is 12.8 Å². The van der Waals surface area contributed by atoms with Gasteiger partial charge in [-0.25, -0.2) is 9.48 Å². The van der Waals surface area contributed by atoms with Gasteiger partial charge in [-0.3, -0.25) is 4.79 Å². The first kappa shape index (κ1) is 13.8. The number of carbonyl (C=O) groups is 1. The Morgan fingerprint density at radius 2 is 2.16 bits per heavy atom. The summed E-state index contributed by atoms with van der Waals surface area (Å²) >= 11 is 9.26. The summed E-state index contributed by atoms with van der Waals surface area (Å²) in [4.78, 5) is 23.0. The summed E-state index contributed by atoms with van der Waals surface area (Å²) in [5.74, 6) is -0.780. The topological polar surface area (TPSA) is 61.2 Å². The fourth-order valence-electron chi connectivity index (χ4n) is 1.44. The molecule has 7 heteroatoms. The Kier molecular flexibility index (Phi) is 4.01. The van der Waals surface area contributed by atoms with Gasteiger partial charge in [0.2, 0.25) is 11.1 Å². The largest absolute Gasteiger partial charge is 0.464 e. The normalized spacial score (nSPS) is 10.3. The number of methoxy groups -OCH3 is 1. The molecule has 0 spiro atoms. The van der Waals surface area contributed by atoms with E-state index in [-0.39, 0.29) is 5.69 Å². The van der Waals surface area contributed by atoms with Crippen LogP contribution in [0.5, 0.6) is 0 Å². The summed E-state index contributed by atoms with van der Waals surface area (Å²) in [6.07, 6.45) is 1.45. The number of aromatic nitrogens is 2. The average Bonchev–Trinajstić information content (AvgIpc) is 2.41. The lowest BCUT2D eigenvalue weighted by molar-refractivity contribution is 0.0590. The summed E-state index contributed by atoms with van der Waals surface area (Å²) in [5, 5.41) is 4.47. The first-order chi connectivity index (χ1) is 9.02. The number of benzene rings is 1. The van der Waals surface area contributed by atoms with Crippen LogP contribution in [0.4, 0.5) is 0 Å². The smallest absolute Gasteiger partial charge is 0.362 e. The molecule has 0 N–H and O–H groups in total. The van der Waals surface area contributed by atoms with Crippen LogP contribution in [0.2, 0.25) is 5.02 Å². The molecule has 0 radical (unpaired) electrons. The van der Waals surface area contributed by atoms with Crippen molar-refractivity contribution < 1.29 is 9.53 Å². The Labute approximate surface area is 121 Å². The molecule has 0 aliphatic heterocycles. The summed E-state index contributed by atoms with van der Waals surface area (Å²) < 4.78 is 6.61. The third-order valence-corrected chi connectivity index (χ3v) is 3.25. The highest BCUT2D eigenvalue weighted by molar-refractivity contribution is 9.10. The molecule has 1 heterocycles. The number of hydrogen-bond acceptors (Lipinski definition) is 4. The number of ether oxygens (including phenoxy) is 1. The Balaban J connectivity index is 2.61. The monoisotopic (exact) mass is 342 g/mol. The van der Waals surface area contributed by atoms with Crippen LogP contribution in [0.1, 0.15) is 10.5 Å². The van der Waals surface area contributed by atoms with Gasteiger partial charge in [-0.2, -0.15) is 5.10 Å². The molecular formula is C12H8BrClN2O3. The Morgan fingerprint density at radius 3 is 2.84 bits per heavy atom. The van der Waals surface area contributed by atoms with Crippen LogP contribution in [0, 0.1) is 0 Å². The Bertz CT molecular complexity index is 700. The van der Waals surface area contributed by atoms with Crippen molar-refractivity contribution in [2.45, 2.75) is 0 Å². The van der Waals surface area contributed by atoms with Crippen molar-refractivity contribution in [1.29, 1.82) is 0 Å². The van der Waals surface area contributed by atoms with E-state index >= 15 is 0 Å². The maximum atomic E-state index is 11.5. The second-order valence-electron chi connectivity index (χ2n) is 3.56. The lowest BCUT2D eigenvalue weighted by atomic mass is 10.3.